The zero-order valence-electron chi connectivity index (χ0n) is 13.3. The molecule has 0 spiro atoms. The predicted molar refractivity (Wildman–Crippen MR) is 89.4 cm³/mol. The van der Waals surface area contributed by atoms with E-state index in [1.165, 1.54) is 12.8 Å². The van der Waals surface area contributed by atoms with Gasteiger partial charge in [-0.05, 0) is 76.6 Å². The summed E-state index contributed by atoms with van der Waals surface area (Å²) >= 11 is 3.51. The van der Waals surface area contributed by atoms with E-state index in [1.54, 1.807) is 0 Å². The Morgan fingerprint density at radius 1 is 1.33 bits per heavy atom. The number of nitrogens with one attached hydrogen (secondary N) is 1. The second kappa shape index (κ2) is 4.84. The molecule has 2 saturated carbocycles. The lowest BCUT2D eigenvalue weighted by atomic mass is 9.69. The Morgan fingerprint density at radius 2 is 2.05 bits per heavy atom. The molecule has 3 rings (SSSR count). The standard InChI is InChI=1S/C18H24BrNO/c1-11-5-6-13(14(19)9-11)16(21)20-15-10-12-7-8-18(15,4)17(12,2)3/h5-6,9,12,15H,7-8,10H2,1-4H3,(H,20,21). The normalized spacial score (nSPS) is 33.2. The molecule has 2 bridgehead atoms. The van der Waals surface area contributed by atoms with Gasteiger partial charge in [0.05, 0.1) is 5.56 Å². The minimum atomic E-state index is 0.0523. The van der Waals surface area contributed by atoms with Crippen molar-refractivity contribution in [1.82, 2.24) is 5.32 Å². The number of amides is 1. The number of fused-ring (bicyclic) bond motifs is 2. The predicted octanol–water partition coefficient (Wildman–Crippen LogP) is 4.70. The molecule has 0 saturated heterocycles. The maximum absolute atomic E-state index is 12.6. The van der Waals surface area contributed by atoms with E-state index in [2.05, 4.69) is 42.0 Å². The summed E-state index contributed by atoms with van der Waals surface area (Å²) in [5, 5.41) is 3.31. The summed E-state index contributed by atoms with van der Waals surface area (Å²) in [5.74, 6) is 0.797. The van der Waals surface area contributed by atoms with Crippen molar-refractivity contribution in [3.63, 3.8) is 0 Å². The highest BCUT2D eigenvalue weighted by molar-refractivity contribution is 9.10. The fourth-order valence-corrected chi connectivity index (χ4v) is 5.14. The van der Waals surface area contributed by atoms with E-state index in [1.807, 2.05) is 25.1 Å². The van der Waals surface area contributed by atoms with E-state index in [-0.39, 0.29) is 11.3 Å². The molecule has 1 N–H and O–H groups in total. The van der Waals surface area contributed by atoms with Crippen molar-refractivity contribution >= 4 is 21.8 Å². The summed E-state index contributed by atoms with van der Waals surface area (Å²) in [6.07, 6.45) is 3.66. The topological polar surface area (TPSA) is 29.1 Å². The quantitative estimate of drug-likeness (QED) is 0.823. The van der Waals surface area contributed by atoms with Crippen LogP contribution >= 0.6 is 15.9 Å². The van der Waals surface area contributed by atoms with Gasteiger partial charge in [-0.3, -0.25) is 4.79 Å². The van der Waals surface area contributed by atoms with E-state index in [9.17, 15) is 4.79 Å². The average molecular weight is 350 g/mol. The Bertz CT molecular complexity index is 595. The lowest BCUT2D eigenvalue weighted by molar-refractivity contribution is 0.0825. The van der Waals surface area contributed by atoms with Crippen LogP contribution in [0.3, 0.4) is 0 Å². The number of rotatable bonds is 2. The molecule has 0 aliphatic heterocycles. The Balaban J connectivity index is 1.80. The highest BCUT2D eigenvalue weighted by Gasteiger charge is 2.61. The molecular formula is C18H24BrNO. The van der Waals surface area contributed by atoms with Gasteiger partial charge in [-0.25, -0.2) is 0 Å². The molecule has 2 fully saturated rings. The van der Waals surface area contributed by atoms with Crippen LogP contribution in [0.5, 0.6) is 0 Å². The first-order valence-corrected chi connectivity index (χ1v) is 8.62. The Labute approximate surface area is 135 Å². The first-order valence-electron chi connectivity index (χ1n) is 7.83. The third-order valence-corrected chi connectivity index (χ3v) is 7.12. The summed E-state index contributed by atoms with van der Waals surface area (Å²) in [6.45, 7) is 9.14. The molecule has 21 heavy (non-hydrogen) atoms. The number of hydrogen-bond acceptors (Lipinski definition) is 1. The molecule has 114 valence electrons. The van der Waals surface area contributed by atoms with E-state index >= 15 is 0 Å². The highest BCUT2D eigenvalue weighted by Crippen LogP contribution is 2.65. The zero-order valence-corrected chi connectivity index (χ0v) is 14.9. The fourth-order valence-electron chi connectivity index (χ4n) is 4.46. The van der Waals surface area contributed by atoms with Crippen LogP contribution in [-0.4, -0.2) is 11.9 Å². The number of carbonyl (C=O) groups is 1. The summed E-state index contributed by atoms with van der Waals surface area (Å²) in [5.41, 5.74) is 2.45. The minimum Gasteiger partial charge on any atom is -0.349 e. The van der Waals surface area contributed by atoms with Gasteiger partial charge in [0.2, 0.25) is 0 Å². The smallest absolute Gasteiger partial charge is 0.252 e. The van der Waals surface area contributed by atoms with Gasteiger partial charge in [-0.2, -0.15) is 0 Å². The molecule has 2 aliphatic carbocycles. The van der Waals surface area contributed by atoms with Crippen molar-refractivity contribution in [3.8, 4) is 0 Å². The second-order valence-corrected chi connectivity index (χ2v) is 8.47. The maximum Gasteiger partial charge on any atom is 0.252 e. The molecule has 2 nitrogen and oxygen atoms in total. The Kier molecular flexibility index (Phi) is 3.47. The first-order chi connectivity index (χ1) is 9.75. The van der Waals surface area contributed by atoms with Gasteiger partial charge < -0.3 is 5.32 Å². The van der Waals surface area contributed by atoms with E-state index < -0.39 is 0 Å². The van der Waals surface area contributed by atoms with E-state index in [0.29, 0.717) is 11.5 Å². The summed E-state index contributed by atoms with van der Waals surface area (Å²) in [7, 11) is 0. The molecule has 0 radical (unpaired) electrons. The van der Waals surface area contributed by atoms with E-state index in [4.69, 9.17) is 0 Å². The van der Waals surface area contributed by atoms with Crippen molar-refractivity contribution in [2.45, 2.75) is 53.0 Å². The average Bonchev–Trinajstić information content (AvgIpc) is 2.71. The van der Waals surface area contributed by atoms with Gasteiger partial charge in [0, 0.05) is 10.5 Å². The van der Waals surface area contributed by atoms with Crippen molar-refractivity contribution in [2.75, 3.05) is 0 Å². The molecule has 0 heterocycles. The summed E-state index contributed by atoms with van der Waals surface area (Å²) in [6, 6.07) is 6.20. The van der Waals surface area contributed by atoms with Gasteiger partial charge >= 0.3 is 0 Å². The highest BCUT2D eigenvalue weighted by atomic mass is 79.9. The molecule has 1 aromatic carbocycles. The van der Waals surface area contributed by atoms with Crippen molar-refractivity contribution in [3.05, 3.63) is 33.8 Å². The number of aryl methyl sites for hydroxylation is 1. The van der Waals surface area contributed by atoms with Gasteiger partial charge in [-0.1, -0.05) is 26.8 Å². The number of benzene rings is 1. The van der Waals surface area contributed by atoms with Crippen LogP contribution in [0.25, 0.3) is 0 Å². The molecule has 2 aliphatic rings. The number of hydrogen-bond donors (Lipinski definition) is 1. The molecule has 3 atom stereocenters. The summed E-state index contributed by atoms with van der Waals surface area (Å²) < 4.78 is 0.882. The van der Waals surface area contributed by atoms with Gasteiger partial charge in [0.15, 0.2) is 0 Å². The van der Waals surface area contributed by atoms with Crippen molar-refractivity contribution in [2.24, 2.45) is 16.7 Å². The largest absolute Gasteiger partial charge is 0.349 e. The maximum atomic E-state index is 12.6. The monoisotopic (exact) mass is 349 g/mol. The van der Waals surface area contributed by atoms with Gasteiger partial charge in [0.1, 0.15) is 0 Å². The zero-order chi connectivity index (χ0) is 15.4. The van der Waals surface area contributed by atoms with Crippen LogP contribution in [0, 0.1) is 23.7 Å². The SMILES string of the molecule is Cc1ccc(C(=O)NC2CC3CCC2(C)C3(C)C)c(Br)c1. The van der Waals surface area contributed by atoms with Gasteiger partial charge in [0.25, 0.3) is 5.91 Å². The molecule has 1 aromatic rings. The Hall–Kier alpha value is -0.830. The van der Waals surface area contributed by atoms with Crippen LogP contribution in [0.15, 0.2) is 22.7 Å². The molecule has 3 unspecified atom stereocenters. The van der Waals surface area contributed by atoms with Crippen molar-refractivity contribution in [1.29, 1.82) is 0 Å². The second-order valence-electron chi connectivity index (χ2n) is 7.62. The molecule has 3 heteroatoms. The third-order valence-electron chi connectivity index (χ3n) is 6.47. The number of carbonyl (C=O) groups excluding carboxylic acids is 1. The Morgan fingerprint density at radius 3 is 2.57 bits per heavy atom. The van der Waals surface area contributed by atoms with Gasteiger partial charge in [-0.15, -0.1) is 0 Å². The first kappa shape index (κ1) is 15.1. The van der Waals surface area contributed by atoms with Crippen LogP contribution < -0.4 is 5.32 Å². The minimum absolute atomic E-state index is 0.0523. The summed E-state index contributed by atoms with van der Waals surface area (Å²) in [4.78, 5) is 12.6. The van der Waals surface area contributed by atoms with Crippen molar-refractivity contribution < 1.29 is 4.79 Å². The van der Waals surface area contributed by atoms with Crippen LogP contribution in [-0.2, 0) is 0 Å². The number of halogens is 1. The molecule has 0 aromatic heterocycles. The molecule has 1 amide bonds. The lowest BCUT2D eigenvalue weighted by Crippen LogP contribution is -2.46. The lowest BCUT2D eigenvalue weighted by Gasteiger charge is -2.39. The van der Waals surface area contributed by atoms with Crippen LogP contribution in [0.1, 0.15) is 56.0 Å². The molecular weight excluding hydrogens is 326 g/mol. The van der Waals surface area contributed by atoms with Crippen LogP contribution in [0.2, 0.25) is 0 Å². The van der Waals surface area contributed by atoms with E-state index in [0.717, 1.165) is 27.9 Å². The fraction of sp³-hybridized carbons (Fsp3) is 0.611. The van der Waals surface area contributed by atoms with Crippen LogP contribution in [0.4, 0.5) is 0 Å². The third kappa shape index (κ3) is 2.16.